The van der Waals surface area contributed by atoms with Crippen LogP contribution in [0.15, 0.2) is 478 Å². The van der Waals surface area contributed by atoms with E-state index in [9.17, 15) is 0 Å². The second kappa shape index (κ2) is 32.6. The van der Waals surface area contributed by atoms with E-state index in [0.717, 1.165) is 156 Å². The van der Waals surface area contributed by atoms with Gasteiger partial charge in [0, 0.05) is 99.6 Å². The number of benzene rings is 21. The number of para-hydroxylation sites is 13. The van der Waals surface area contributed by atoms with Crippen LogP contribution in [0.3, 0.4) is 0 Å². The molecule has 0 aliphatic rings. The van der Waals surface area contributed by atoms with E-state index < -0.39 is 0 Å². The fraction of sp³-hybridized carbons (Fsp3) is 0. The fourth-order valence-corrected chi connectivity index (χ4v) is 25.2. The number of hydrogen-bond donors (Lipinski definition) is 0. The predicted molar refractivity (Wildman–Crippen MR) is 613 cm³/mol. The number of fused-ring (bicyclic) bond motifs is 33. The number of hydrogen-bond acceptors (Lipinski definition) is 9. The maximum Gasteiger partial charge on any atom is 0.221 e. The maximum atomic E-state index is 6.06. The molecular weight excluding hydrogens is 1830 g/mol. The number of thiophene rings is 2. The van der Waals surface area contributed by atoms with Gasteiger partial charge in [-0.3, -0.25) is 26.9 Å². The van der Waals surface area contributed by atoms with Crippen LogP contribution in [-0.4, -0.2) is 56.8 Å². The van der Waals surface area contributed by atoms with Crippen LogP contribution < -0.4 is 0 Å². The van der Waals surface area contributed by atoms with E-state index in [-0.39, 0.29) is 0 Å². The number of nitrogens with zero attached hydrogens (tertiary/aromatic N) is 12. The number of rotatable bonds is 9. The molecule has 12 heterocycles. The molecule has 33 aromatic rings. The Morgan fingerprint density at radius 1 is 0.163 bits per heavy atom. The van der Waals surface area contributed by atoms with Crippen LogP contribution in [0.5, 0.6) is 0 Å². The fourth-order valence-electron chi connectivity index (χ4n) is 22.9. The Kier molecular flexibility index (Phi) is 18.3. The summed E-state index contributed by atoms with van der Waals surface area (Å²) in [5.41, 5.74) is 34.4. The van der Waals surface area contributed by atoms with Crippen LogP contribution in [-0.2, 0) is 0 Å². The summed E-state index contributed by atoms with van der Waals surface area (Å²) in [6.07, 6.45) is 0. The molecule has 0 amide bonds. The second-order valence-corrected chi connectivity index (χ2v) is 40.1. The molecule has 0 bridgehead atoms. The van der Waals surface area contributed by atoms with Gasteiger partial charge in [0.2, 0.25) is 17.8 Å². The third-order valence-electron chi connectivity index (χ3n) is 29.8. The molecule has 13 nitrogen and oxygen atoms in total. The number of aromatic nitrogens is 12. The molecule has 0 radical (unpaired) electrons. The van der Waals surface area contributed by atoms with Gasteiger partial charge in [-0.1, -0.05) is 303 Å². The average Bonchev–Trinajstić information content (AvgIpc) is 1.56. The zero-order chi connectivity index (χ0) is 96.2. The molecule has 0 atom stereocenters. The van der Waals surface area contributed by atoms with Gasteiger partial charge in [-0.2, -0.15) is 0 Å². The van der Waals surface area contributed by atoms with E-state index in [1.165, 1.54) is 139 Å². The molecule has 33 rings (SSSR count). The van der Waals surface area contributed by atoms with Gasteiger partial charge in [-0.05, 0) is 237 Å². The minimum atomic E-state index is 0.827. The van der Waals surface area contributed by atoms with Gasteiger partial charge in [0.15, 0.2) is 0 Å². The van der Waals surface area contributed by atoms with Crippen LogP contribution >= 0.6 is 22.7 Å². The molecule has 21 aromatic carbocycles. The monoisotopic (exact) mass is 1910 g/mol. The van der Waals surface area contributed by atoms with Gasteiger partial charge in [0.25, 0.3) is 0 Å². The van der Waals surface area contributed by atoms with E-state index in [4.69, 9.17) is 34.3 Å². The highest BCUT2D eigenvalue weighted by atomic mass is 32.1. The molecule has 0 fully saturated rings. The largest absolute Gasteiger partial charge is 0.456 e. The SMILES string of the molecule is c1ccc2c(c1)nc(-n1c3ccccc3c3cc(-c4ccc(-c5ccc6oc7ccccc7c6c5)cc4)ccc31)n1c3ccccc3nc21.c1ccc2c(c1)nc(-n1c3ccccc3c3cc(-c4ccc(-c5ccc6sc7ccccc7c6c5)cc4)ccc31)n1c3ccccc3nc21.c1ccc2c(c1)nc(-n1c3ccccc3c3cc(-c4ccc(-c5cccc6c5sc5ccccc56)cc4)ccc31)n1c3ccccc3nc21. The van der Waals surface area contributed by atoms with Crippen molar-refractivity contribution in [2.75, 3.05) is 0 Å². The molecular formula is C132H78N12OS2. The summed E-state index contributed by atoms with van der Waals surface area (Å²) in [5, 5.41) is 17.8. The van der Waals surface area contributed by atoms with Crippen molar-refractivity contribution in [1.29, 1.82) is 0 Å². The lowest BCUT2D eigenvalue weighted by atomic mass is 9.98. The summed E-state index contributed by atoms with van der Waals surface area (Å²) in [6, 6.07) is 169. The first-order valence-electron chi connectivity index (χ1n) is 49.5. The van der Waals surface area contributed by atoms with Crippen molar-refractivity contribution in [2.45, 2.75) is 0 Å². The molecule has 0 saturated carbocycles. The normalized spacial score (nSPS) is 12.1. The molecule has 0 spiro atoms. The standard InChI is InChI=1S/C44H26N4O.2C44H26N4S/c1-4-12-36-33(11-1)43-45-37-13-5-7-15-40(37)48(43)44(46-36)47-38-14-6-2-9-31(38)34-25-29(21-23-39(34)47)27-17-19-28(20-18-27)30-22-24-42-35(26-30)32-10-3-8-16-41(32)49-42;1-4-15-36-34(12-1)43-45-37-16-5-7-18-40(37)48(43)44(46-36)47-38-17-6-2-10-31(38)35-26-29(24-25-39(35)47)27-20-22-28(23-21-27)30-13-9-14-33-32-11-3-8-19-41(32)49-42(30)33;1-4-12-36-33(11-1)43-45-37-13-5-7-15-40(37)48(43)44(46-36)47-38-14-6-2-9-31(38)34-25-29(21-23-39(34)47)27-17-19-28(20-18-27)30-22-24-42-35(26-30)32-10-3-8-16-41(32)49-42/h3*1-26H. The lowest BCUT2D eigenvalue weighted by Gasteiger charge is -2.12. The summed E-state index contributed by atoms with van der Waals surface area (Å²) in [5.74, 6) is 2.50. The molecule has 147 heavy (non-hydrogen) atoms. The molecule has 15 heteroatoms. The molecule has 0 aliphatic carbocycles. The zero-order valence-electron chi connectivity index (χ0n) is 78.6. The molecule has 12 aromatic heterocycles. The van der Waals surface area contributed by atoms with Crippen molar-refractivity contribution in [3.8, 4) is 84.6 Å². The molecule has 684 valence electrons. The van der Waals surface area contributed by atoms with Crippen molar-refractivity contribution in [1.82, 2.24) is 56.8 Å². The number of imidazole rings is 3. The van der Waals surface area contributed by atoms with Crippen LogP contribution in [0.4, 0.5) is 0 Å². The first-order chi connectivity index (χ1) is 72.9. The summed E-state index contributed by atoms with van der Waals surface area (Å²) < 4.78 is 24.9. The van der Waals surface area contributed by atoms with Crippen molar-refractivity contribution < 1.29 is 4.42 Å². The summed E-state index contributed by atoms with van der Waals surface area (Å²) in [7, 11) is 0. The van der Waals surface area contributed by atoms with Gasteiger partial charge in [0.05, 0.1) is 82.8 Å². The Bertz CT molecular complexity index is 10900. The Balaban J connectivity index is 0.0000000999. The van der Waals surface area contributed by atoms with Crippen LogP contribution in [0.1, 0.15) is 0 Å². The van der Waals surface area contributed by atoms with Crippen LogP contribution in [0.2, 0.25) is 0 Å². The highest BCUT2D eigenvalue weighted by Crippen LogP contribution is 2.47. The van der Waals surface area contributed by atoms with Crippen molar-refractivity contribution in [3.05, 3.63) is 473 Å². The highest BCUT2D eigenvalue weighted by molar-refractivity contribution is 7.26. The van der Waals surface area contributed by atoms with E-state index in [2.05, 4.69) is 452 Å². The Morgan fingerprint density at radius 3 is 0.864 bits per heavy atom. The van der Waals surface area contributed by atoms with Gasteiger partial charge in [-0.15, -0.1) is 22.7 Å². The molecule has 0 aliphatic heterocycles. The van der Waals surface area contributed by atoms with E-state index in [1.54, 1.807) is 0 Å². The highest BCUT2D eigenvalue weighted by Gasteiger charge is 2.27. The molecule has 0 unspecified atom stereocenters. The van der Waals surface area contributed by atoms with Gasteiger partial charge >= 0.3 is 0 Å². The third kappa shape index (κ3) is 13.0. The average molecular weight is 1910 g/mol. The predicted octanol–water partition coefficient (Wildman–Crippen LogP) is 35.0. The van der Waals surface area contributed by atoms with E-state index in [0.29, 0.717) is 0 Å². The van der Waals surface area contributed by atoms with E-state index in [1.807, 2.05) is 71.2 Å². The van der Waals surface area contributed by atoms with Gasteiger partial charge in [0.1, 0.15) is 28.1 Å². The third-order valence-corrected chi connectivity index (χ3v) is 32.2. The minimum Gasteiger partial charge on any atom is -0.456 e. The van der Waals surface area contributed by atoms with Crippen molar-refractivity contribution in [3.63, 3.8) is 0 Å². The van der Waals surface area contributed by atoms with Crippen molar-refractivity contribution in [2.24, 2.45) is 0 Å². The van der Waals surface area contributed by atoms with Gasteiger partial charge < -0.3 is 4.42 Å². The molecule has 0 N–H and O–H groups in total. The van der Waals surface area contributed by atoms with Crippen LogP contribution in [0, 0.1) is 0 Å². The lowest BCUT2D eigenvalue weighted by Crippen LogP contribution is -2.06. The van der Waals surface area contributed by atoms with Gasteiger partial charge in [-0.25, -0.2) is 29.9 Å². The second-order valence-electron chi connectivity index (χ2n) is 37.9. The van der Waals surface area contributed by atoms with Crippen molar-refractivity contribution >= 4 is 233 Å². The lowest BCUT2D eigenvalue weighted by molar-refractivity contribution is 0.669. The summed E-state index contributed by atoms with van der Waals surface area (Å²) in [6.45, 7) is 0. The Morgan fingerprint density at radius 2 is 0.442 bits per heavy atom. The Labute approximate surface area is 845 Å². The maximum absolute atomic E-state index is 6.06. The zero-order valence-corrected chi connectivity index (χ0v) is 80.3. The minimum absolute atomic E-state index is 0.827. The summed E-state index contributed by atoms with van der Waals surface area (Å²) >= 11 is 3.73. The quantitative estimate of drug-likeness (QED) is 0.141. The molecule has 0 saturated heterocycles. The van der Waals surface area contributed by atoms with Crippen LogP contribution in [0.25, 0.3) is 295 Å². The smallest absolute Gasteiger partial charge is 0.221 e. The Hall–Kier alpha value is -19.3. The first kappa shape index (κ1) is 82.4. The first-order valence-corrected chi connectivity index (χ1v) is 51.1. The number of furan rings is 1. The summed E-state index contributed by atoms with van der Waals surface area (Å²) in [4.78, 5) is 31.2. The van der Waals surface area contributed by atoms with E-state index >= 15 is 0 Å². The topological polar surface area (TPSA) is 119 Å².